The number of esters is 1. The third-order valence-electron chi connectivity index (χ3n) is 2.38. The molecule has 0 aliphatic heterocycles. The minimum atomic E-state index is -0.489. The quantitative estimate of drug-likeness (QED) is 0.447. The van der Waals surface area contributed by atoms with Crippen LogP contribution >= 0.6 is 0 Å². The number of benzene rings is 1. The van der Waals surface area contributed by atoms with Gasteiger partial charge in [0.1, 0.15) is 0 Å². The SMILES string of the molecule is Cc1nc(OC(=O)c2ccccc2)cc(N)[n+]1N. The predicted octanol–water partition coefficient (Wildman–Crippen LogP) is 0.193. The molecule has 6 nitrogen and oxygen atoms in total. The summed E-state index contributed by atoms with van der Waals surface area (Å²) in [6, 6.07) is 10.0. The van der Waals surface area contributed by atoms with Gasteiger partial charge >= 0.3 is 11.8 Å². The second-order valence-corrected chi connectivity index (χ2v) is 3.69. The Balaban J connectivity index is 2.23. The van der Waals surface area contributed by atoms with E-state index in [1.807, 2.05) is 6.07 Å². The van der Waals surface area contributed by atoms with Crippen molar-refractivity contribution in [3.63, 3.8) is 0 Å². The van der Waals surface area contributed by atoms with Gasteiger partial charge in [-0.2, -0.15) is 0 Å². The van der Waals surface area contributed by atoms with Gasteiger partial charge in [0.2, 0.25) is 5.82 Å². The first-order valence-electron chi connectivity index (χ1n) is 5.29. The monoisotopic (exact) mass is 245 g/mol. The van der Waals surface area contributed by atoms with Crippen LogP contribution in [0.5, 0.6) is 5.88 Å². The zero-order valence-electron chi connectivity index (χ0n) is 9.83. The largest absolute Gasteiger partial charge is 0.389 e. The van der Waals surface area contributed by atoms with Gasteiger partial charge in [-0.3, -0.25) is 5.84 Å². The summed E-state index contributed by atoms with van der Waals surface area (Å²) in [5, 5.41) is 0. The summed E-state index contributed by atoms with van der Waals surface area (Å²) in [6.45, 7) is 1.66. The van der Waals surface area contributed by atoms with Crippen molar-refractivity contribution in [3.8, 4) is 5.88 Å². The van der Waals surface area contributed by atoms with Crippen LogP contribution in [0.25, 0.3) is 0 Å². The third kappa shape index (κ3) is 2.37. The Morgan fingerprint density at radius 2 is 2.00 bits per heavy atom. The van der Waals surface area contributed by atoms with Crippen LogP contribution in [0.2, 0.25) is 0 Å². The van der Waals surface area contributed by atoms with E-state index in [9.17, 15) is 4.79 Å². The zero-order valence-corrected chi connectivity index (χ0v) is 9.83. The molecule has 0 fully saturated rings. The summed E-state index contributed by atoms with van der Waals surface area (Å²) in [5.74, 6) is 5.93. The lowest BCUT2D eigenvalue weighted by Crippen LogP contribution is -2.50. The molecule has 0 amide bonds. The highest BCUT2D eigenvalue weighted by atomic mass is 16.5. The number of aryl methyl sites for hydroxylation is 1. The number of ether oxygens (including phenoxy) is 1. The van der Waals surface area contributed by atoms with E-state index in [4.69, 9.17) is 16.3 Å². The number of hydrogen-bond donors (Lipinski definition) is 2. The van der Waals surface area contributed by atoms with E-state index in [0.29, 0.717) is 11.4 Å². The molecule has 1 aromatic heterocycles. The molecule has 2 aromatic rings. The average molecular weight is 245 g/mol. The summed E-state index contributed by atoms with van der Waals surface area (Å²) < 4.78 is 6.33. The van der Waals surface area contributed by atoms with Crippen molar-refractivity contribution >= 4 is 11.8 Å². The molecule has 0 saturated heterocycles. The normalized spacial score (nSPS) is 10.1. The lowest BCUT2D eigenvalue weighted by Gasteiger charge is -2.03. The fourth-order valence-electron chi connectivity index (χ4n) is 1.41. The lowest BCUT2D eigenvalue weighted by molar-refractivity contribution is -0.634. The second kappa shape index (κ2) is 4.70. The van der Waals surface area contributed by atoms with Crippen LogP contribution in [0.4, 0.5) is 5.82 Å². The first-order valence-corrected chi connectivity index (χ1v) is 5.29. The molecule has 1 aromatic carbocycles. The molecule has 0 unspecified atom stereocenters. The molecule has 92 valence electrons. The number of carbonyl (C=O) groups is 1. The van der Waals surface area contributed by atoms with Crippen LogP contribution in [-0.4, -0.2) is 11.0 Å². The Bertz CT molecular complexity index is 561. The number of nitrogens with two attached hydrogens (primary N) is 2. The highest BCUT2D eigenvalue weighted by Crippen LogP contribution is 2.11. The number of nitrogen functional groups attached to an aromatic ring is 2. The predicted molar refractivity (Wildman–Crippen MR) is 65.1 cm³/mol. The fourth-order valence-corrected chi connectivity index (χ4v) is 1.41. The third-order valence-corrected chi connectivity index (χ3v) is 2.38. The molecular formula is C12H13N4O2+. The molecule has 6 heteroatoms. The molecule has 4 N–H and O–H groups in total. The van der Waals surface area contributed by atoms with Gasteiger partial charge in [-0.25, -0.2) is 4.79 Å². The Hall–Kier alpha value is -2.63. The zero-order chi connectivity index (χ0) is 13.1. The number of aromatic nitrogens is 2. The van der Waals surface area contributed by atoms with Gasteiger partial charge in [-0.15, -0.1) is 4.68 Å². The summed E-state index contributed by atoms with van der Waals surface area (Å²) in [7, 11) is 0. The Labute approximate surface area is 104 Å². The molecule has 1 heterocycles. The fraction of sp³-hybridized carbons (Fsp3) is 0.0833. The maximum Gasteiger partial charge on any atom is 0.345 e. The van der Waals surface area contributed by atoms with Crippen molar-refractivity contribution in [2.75, 3.05) is 11.6 Å². The van der Waals surface area contributed by atoms with Gasteiger partial charge in [-0.1, -0.05) is 23.2 Å². The number of carbonyl (C=O) groups excluding carboxylic acids is 1. The highest BCUT2D eigenvalue weighted by Gasteiger charge is 2.15. The first kappa shape index (κ1) is 11.8. The molecule has 2 rings (SSSR count). The lowest BCUT2D eigenvalue weighted by atomic mass is 10.2. The van der Waals surface area contributed by atoms with Crippen LogP contribution < -0.4 is 21.0 Å². The van der Waals surface area contributed by atoms with Crippen LogP contribution in [0, 0.1) is 6.92 Å². The molecule has 0 spiro atoms. The van der Waals surface area contributed by atoms with E-state index in [1.54, 1.807) is 31.2 Å². The van der Waals surface area contributed by atoms with Gasteiger partial charge < -0.3 is 10.5 Å². The minimum absolute atomic E-state index is 0.126. The van der Waals surface area contributed by atoms with Crippen LogP contribution in [-0.2, 0) is 0 Å². The summed E-state index contributed by atoms with van der Waals surface area (Å²) in [5.41, 5.74) is 6.09. The Morgan fingerprint density at radius 1 is 1.33 bits per heavy atom. The second-order valence-electron chi connectivity index (χ2n) is 3.69. The number of rotatable bonds is 2. The Kier molecular flexibility index (Phi) is 3.09. The van der Waals surface area contributed by atoms with E-state index in [-0.39, 0.29) is 11.7 Å². The van der Waals surface area contributed by atoms with Crippen molar-refractivity contribution in [2.24, 2.45) is 0 Å². The highest BCUT2D eigenvalue weighted by molar-refractivity contribution is 5.90. The van der Waals surface area contributed by atoms with Gasteiger partial charge in [0.15, 0.2) is 0 Å². The van der Waals surface area contributed by atoms with Crippen LogP contribution in [0.15, 0.2) is 36.4 Å². The molecule has 18 heavy (non-hydrogen) atoms. The average Bonchev–Trinajstić information content (AvgIpc) is 2.37. The standard InChI is InChI=1S/C12H12N4O2/c1-8-15-11(7-10(13)16(8)14)18-12(17)9-5-3-2-4-6-9/h2-7,13H,14H2,1H3/p+1. The van der Waals surface area contributed by atoms with Crippen molar-refractivity contribution in [2.45, 2.75) is 6.92 Å². The molecule has 0 aliphatic rings. The Morgan fingerprint density at radius 3 is 2.61 bits per heavy atom. The smallest absolute Gasteiger partial charge is 0.345 e. The van der Waals surface area contributed by atoms with Crippen LogP contribution in [0.3, 0.4) is 0 Å². The number of hydrogen-bond acceptors (Lipinski definition) is 5. The summed E-state index contributed by atoms with van der Waals surface area (Å²) in [6.07, 6.45) is 0. The van der Waals surface area contributed by atoms with E-state index in [0.717, 1.165) is 0 Å². The van der Waals surface area contributed by atoms with Gasteiger partial charge in [0, 0.05) is 6.92 Å². The summed E-state index contributed by atoms with van der Waals surface area (Å²) in [4.78, 5) is 15.8. The van der Waals surface area contributed by atoms with Gasteiger partial charge in [-0.05, 0) is 12.1 Å². The van der Waals surface area contributed by atoms with E-state index >= 15 is 0 Å². The van der Waals surface area contributed by atoms with Gasteiger partial charge in [0.25, 0.3) is 5.82 Å². The van der Waals surface area contributed by atoms with Crippen molar-refractivity contribution in [1.82, 2.24) is 4.98 Å². The first-order chi connectivity index (χ1) is 8.58. The maximum absolute atomic E-state index is 11.8. The maximum atomic E-state index is 11.8. The van der Waals surface area contributed by atoms with Crippen molar-refractivity contribution in [3.05, 3.63) is 47.8 Å². The van der Waals surface area contributed by atoms with E-state index in [2.05, 4.69) is 4.98 Å². The topological polar surface area (TPSA) is 95.1 Å². The van der Waals surface area contributed by atoms with Crippen molar-refractivity contribution < 1.29 is 14.2 Å². The molecule has 0 bridgehead atoms. The number of nitrogens with zero attached hydrogens (tertiary/aromatic N) is 2. The molecule has 0 atom stereocenters. The molecule has 0 radical (unpaired) electrons. The van der Waals surface area contributed by atoms with Gasteiger partial charge in [0.05, 0.1) is 11.6 Å². The molecule has 0 aliphatic carbocycles. The number of anilines is 1. The molecular weight excluding hydrogens is 232 g/mol. The molecule has 0 saturated carbocycles. The van der Waals surface area contributed by atoms with Crippen molar-refractivity contribution in [1.29, 1.82) is 0 Å². The minimum Gasteiger partial charge on any atom is -0.389 e. The van der Waals surface area contributed by atoms with E-state index < -0.39 is 5.97 Å². The van der Waals surface area contributed by atoms with E-state index in [1.165, 1.54) is 10.7 Å². The summed E-state index contributed by atoms with van der Waals surface area (Å²) >= 11 is 0. The van der Waals surface area contributed by atoms with Crippen LogP contribution in [0.1, 0.15) is 16.2 Å².